The van der Waals surface area contributed by atoms with E-state index in [9.17, 15) is 12.8 Å². The molecule has 0 bridgehead atoms. The van der Waals surface area contributed by atoms with Gasteiger partial charge in [0.05, 0.1) is 10.6 Å². The fourth-order valence-electron chi connectivity index (χ4n) is 2.26. The molecule has 1 heterocycles. The molecule has 0 radical (unpaired) electrons. The van der Waals surface area contributed by atoms with Crippen LogP contribution in [-0.4, -0.2) is 24.6 Å². The first kappa shape index (κ1) is 15.3. The Hall–Kier alpha value is -2.60. The van der Waals surface area contributed by atoms with Gasteiger partial charge in [0.2, 0.25) is 0 Å². The van der Waals surface area contributed by atoms with Gasteiger partial charge in [-0.15, -0.1) is 0 Å². The van der Waals surface area contributed by atoms with Crippen LogP contribution in [0.25, 0.3) is 22.4 Å². The van der Waals surface area contributed by atoms with E-state index >= 15 is 0 Å². The van der Waals surface area contributed by atoms with Crippen molar-refractivity contribution in [1.29, 1.82) is 0 Å². The van der Waals surface area contributed by atoms with Crippen molar-refractivity contribution in [3.8, 4) is 22.4 Å². The smallest absolute Gasteiger partial charge is 0.175 e. The lowest BCUT2D eigenvalue weighted by Crippen LogP contribution is -1.97. The molecular formula is C17H13FN2O2S. The first-order valence-corrected chi connectivity index (χ1v) is 8.71. The van der Waals surface area contributed by atoms with Gasteiger partial charge in [0.15, 0.2) is 9.84 Å². The number of nitrogens with zero attached hydrogens (tertiary/aromatic N) is 2. The number of rotatable bonds is 3. The Bertz CT molecular complexity index is 937. The normalized spacial score (nSPS) is 11.4. The molecule has 3 aromatic rings. The van der Waals surface area contributed by atoms with E-state index in [0.29, 0.717) is 5.69 Å². The van der Waals surface area contributed by atoms with Gasteiger partial charge >= 0.3 is 0 Å². The molecule has 0 aliphatic rings. The zero-order chi connectivity index (χ0) is 16.4. The van der Waals surface area contributed by atoms with Crippen molar-refractivity contribution < 1.29 is 12.8 Å². The van der Waals surface area contributed by atoms with Crippen LogP contribution in [0.3, 0.4) is 0 Å². The highest BCUT2D eigenvalue weighted by molar-refractivity contribution is 7.90. The highest BCUT2D eigenvalue weighted by atomic mass is 32.2. The van der Waals surface area contributed by atoms with Crippen molar-refractivity contribution in [2.45, 2.75) is 4.90 Å². The largest absolute Gasteiger partial charge is 0.244 e. The zero-order valence-electron chi connectivity index (χ0n) is 12.3. The maximum Gasteiger partial charge on any atom is 0.175 e. The first-order valence-electron chi connectivity index (χ1n) is 6.81. The average molecular weight is 328 g/mol. The van der Waals surface area contributed by atoms with Crippen molar-refractivity contribution in [1.82, 2.24) is 9.97 Å². The SMILES string of the molecule is CS(=O)(=O)c1ccc(-c2cncnc2-c2ccc(F)cc2)cc1. The van der Waals surface area contributed by atoms with E-state index in [1.165, 1.54) is 18.5 Å². The molecule has 6 heteroatoms. The molecule has 0 saturated heterocycles. The molecule has 0 aliphatic carbocycles. The van der Waals surface area contributed by atoms with Gasteiger partial charge < -0.3 is 0 Å². The average Bonchev–Trinajstić information content (AvgIpc) is 2.55. The molecule has 0 N–H and O–H groups in total. The van der Waals surface area contributed by atoms with Crippen LogP contribution < -0.4 is 0 Å². The molecule has 0 fully saturated rings. The lowest BCUT2D eigenvalue weighted by atomic mass is 10.0. The van der Waals surface area contributed by atoms with Crippen LogP contribution in [0.1, 0.15) is 0 Å². The minimum absolute atomic E-state index is 0.251. The number of hydrogen-bond donors (Lipinski definition) is 0. The first-order chi connectivity index (χ1) is 10.9. The minimum atomic E-state index is -3.24. The molecule has 116 valence electrons. The number of benzene rings is 2. The zero-order valence-corrected chi connectivity index (χ0v) is 13.1. The molecule has 1 aromatic heterocycles. The van der Waals surface area contributed by atoms with E-state index in [1.54, 1.807) is 42.6 Å². The van der Waals surface area contributed by atoms with Crippen molar-refractivity contribution in [3.63, 3.8) is 0 Å². The summed E-state index contributed by atoms with van der Waals surface area (Å²) in [6.07, 6.45) is 4.24. The molecule has 0 unspecified atom stereocenters. The molecule has 0 saturated carbocycles. The van der Waals surface area contributed by atoms with Gasteiger partial charge in [-0.3, -0.25) is 0 Å². The molecule has 0 amide bonds. The van der Waals surface area contributed by atoms with Crippen LogP contribution in [0.5, 0.6) is 0 Å². The predicted molar refractivity (Wildman–Crippen MR) is 86.0 cm³/mol. The summed E-state index contributed by atoms with van der Waals surface area (Å²) in [6, 6.07) is 12.5. The van der Waals surface area contributed by atoms with Crippen LogP contribution in [0.15, 0.2) is 66.0 Å². The Kier molecular flexibility index (Phi) is 3.92. The van der Waals surface area contributed by atoms with Gasteiger partial charge in [-0.2, -0.15) is 0 Å². The van der Waals surface area contributed by atoms with Gasteiger partial charge in [0.1, 0.15) is 12.1 Å². The molecule has 0 atom stereocenters. The van der Waals surface area contributed by atoms with Gasteiger partial charge in [0.25, 0.3) is 0 Å². The summed E-state index contributed by atoms with van der Waals surface area (Å²) in [5, 5.41) is 0. The van der Waals surface area contributed by atoms with E-state index in [0.717, 1.165) is 22.9 Å². The minimum Gasteiger partial charge on any atom is -0.244 e. The molecule has 0 spiro atoms. The summed E-state index contributed by atoms with van der Waals surface area (Å²) in [7, 11) is -3.24. The Labute approximate surface area is 133 Å². The van der Waals surface area contributed by atoms with E-state index in [1.807, 2.05) is 0 Å². The fourth-order valence-corrected chi connectivity index (χ4v) is 2.89. The van der Waals surface area contributed by atoms with E-state index in [-0.39, 0.29) is 10.7 Å². The van der Waals surface area contributed by atoms with E-state index in [4.69, 9.17) is 0 Å². The maximum absolute atomic E-state index is 13.1. The summed E-state index contributed by atoms with van der Waals surface area (Å²) in [4.78, 5) is 8.56. The standard InChI is InChI=1S/C17H13FN2O2S/c1-23(21,22)15-8-4-12(5-9-15)16-10-19-11-20-17(16)13-2-6-14(18)7-3-13/h2-11H,1H3. The molecule has 0 aliphatic heterocycles. The monoisotopic (exact) mass is 328 g/mol. The summed E-state index contributed by atoms with van der Waals surface area (Å²) in [5.74, 6) is -0.318. The number of sulfone groups is 1. The highest BCUT2D eigenvalue weighted by Crippen LogP contribution is 2.30. The molecule has 2 aromatic carbocycles. The summed E-state index contributed by atoms with van der Waals surface area (Å²) in [6.45, 7) is 0. The topological polar surface area (TPSA) is 59.9 Å². The Morgan fingerprint density at radius 3 is 2.13 bits per heavy atom. The van der Waals surface area contributed by atoms with Crippen LogP contribution in [0.2, 0.25) is 0 Å². The number of hydrogen-bond acceptors (Lipinski definition) is 4. The van der Waals surface area contributed by atoms with Crippen molar-refractivity contribution >= 4 is 9.84 Å². The predicted octanol–water partition coefficient (Wildman–Crippen LogP) is 3.35. The lowest BCUT2D eigenvalue weighted by Gasteiger charge is -2.09. The Morgan fingerprint density at radius 2 is 1.52 bits per heavy atom. The van der Waals surface area contributed by atoms with Gasteiger partial charge in [-0.25, -0.2) is 22.8 Å². The summed E-state index contributed by atoms with van der Waals surface area (Å²) >= 11 is 0. The van der Waals surface area contributed by atoms with Crippen molar-refractivity contribution in [3.05, 3.63) is 66.9 Å². The molecular weight excluding hydrogens is 315 g/mol. The van der Waals surface area contributed by atoms with Crippen LogP contribution in [-0.2, 0) is 9.84 Å². The van der Waals surface area contributed by atoms with E-state index in [2.05, 4.69) is 9.97 Å². The second-order valence-corrected chi connectivity index (χ2v) is 7.10. The number of aromatic nitrogens is 2. The second kappa shape index (κ2) is 5.89. The van der Waals surface area contributed by atoms with Crippen LogP contribution in [0, 0.1) is 5.82 Å². The third-order valence-electron chi connectivity index (χ3n) is 3.42. The van der Waals surface area contributed by atoms with Gasteiger partial charge in [0, 0.05) is 23.6 Å². The molecule has 23 heavy (non-hydrogen) atoms. The lowest BCUT2D eigenvalue weighted by molar-refractivity contribution is 0.602. The Morgan fingerprint density at radius 1 is 0.913 bits per heavy atom. The second-order valence-electron chi connectivity index (χ2n) is 5.09. The maximum atomic E-state index is 13.1. The Balaban J connectivity index is 2.09. The number of halogens is 1. The van der Waals surface area contributed by atoms with E-state index < -0.39 is 9.84 Å². The van der Waals surface area contributed by atoms with Crippen LogP contribution >= 0.6 is 0 Å². The van der Waals surface area contributed by atoms with Gasteiger partial charge in [-0.1, -0.05) is 12.1 Å². The van der Waals surface area contributed by atoms with Crippen molar-refractivity contribution in [2.24, 2.45) is 0 Å². The quantitative estimate of drug-likeness (QED) is 0.740. The highest BCUT2D eigenvalue weighted by Gasteiger charge is 2.11. The summed E-state index contributed by atoms with van der Waals surface area (Å²) < 4.78 is 36.2. The third kappa shape index (κ3) is 3.27. The molecule has 4 nitrogen and oxygen atoms in total. The van der Waals surface area contributed by atoms with Gasteiger partial charge in [-0.05, 0) is 42.0 Å². The third-order valence-corrected chi connectivity index (χ3v) is 4.55. The fraction of sp³-hybridized carbons (Fsp3) is 0.0588. The van der Waals surface area contributed by atoms with Crippen molar-refractivity contribution in [2.75, 3.05) is 6.26 Å². The molecule has 3 rings (SSSR count). The summed E-state index contributed by atoms with van der Waals surface area (Å²) in [5.41, 5.74) is 2.96. The van der Waals surface area contributed by atoms with Crippen LogP contribution in [0.4, 0.5) is 4.39 Å².